The van der Waals surface area contributed by atoms with Gasteiger partial charge in [-0.15, -0.1) is 11.8 Å². The van der Waals surface area contributed by atoms with E-state index in [-0.39, 0.29) is 40.7 Å². The topological polar surface area (TPSA) is 64.9 Å². The van der Waals surface area contributed by atoms with Crippen LogP contribution in [0.5, 0.6) is 0 Å². The van der Waals surface area contributed by atoms with Crippen LogP contribution in [0.2, 0.25) is 5.02 Å². The Morgan fingerprint density at radius 3 is 2.43 bits per heavy atom. The number of hydrogen-bond donors (Lipinski definition) is 0. The first-order valence-corrected chi connectivity index (χ1v) is 16.3. The number of amides is 1. The molecule has 3 aliphatic rings. The van der Waals surface area contributed by atoms with Crippen molar-refractivity contribution in [2.24, 2.45) is 0 Å². The van der Waals surface area contributed by atoms with Gasteiger partial charge in [-0.25, -0.2) is 26.7 Å². The van der Waals surface area contributed by atoms with E-state index in [1.807, 2.05) is 11.8 Å². The molecule has 0 radical (unpaired) electrons. The van der Waals surface area contributed by atoms with Crippen LogP contribution in [0.15, 0.2) is 40.5 Å². The quantitative estimate of drug-likeness (QED) is 0.200. The second-order valence-electron chi connectivity index (χ2n) is 11.8. The third-order valence-corrected chi connectivity index (χ3v) is 10.4. The number of thioether (sulfide) groups is 1. The summed E-state index contributed by atoms with van der Waals surface area (Å²) in [6.07, 6.45) is -1.16. The smallest absolute Gasteiger partial charge is 0.350 e. The van der Waals surface area contributed by atoms with Crippen molar-refractivity contribution >= 4 is 46.0 Å². The lowest BCUT2D eigenvalue weighted by atomic mass is 10.0. The molecule has 1 aromatic heterocycles. The summed E-state index contributed by atoms with van der Waals surface area (Å²) in [5, 5.41) is 0.607. The fraction of sp³-hybridized carbons (Fsp3) is 0.452. The highest BCUT2D eigenvalue weighted by Gasteiger charge is 2.35. The van der Waals surface area contributed by atoms with Crippen molar-refractivity contribution in [3.63, 3.8) is 0 Å². The van der Waals surface area contributed by atoms with E-state index in [0.29, 0.717) is 85.8 Å². The summed E-state index contributed by atoms with van der Waals surface area (Å²) in [5.74, 6) is -3.04. The molecular weight excluding hydrogens is 651 g/mol. The van der Waals surface area contributed by atoms with Gasteiger partial charge in [0.2, 0.25) is 5.91 Å². The zero-order valence-electron chi connectivity index (χ0n) is 25.0. The molecule has 2 saturated heterocycles. The highest BCUT2D eigenvalue weighted by molar-refractivity contribution is 7.99. The summed E-state index contributed by atoms with van der Waals surface area (Å²) in [6.45, 7) is 8.76. The Hall–Kier alpha value is -3.20. The SMILES string of the molecule is C=CC(=O)N1CCN(c2nc(=O)n3c4c(c(-c5cc(F)c(F)cc5F)c(Cl)cc24)SC[C@@H]3CN2CCN(CC(F)F)CC2)[C@@H](C)C1. The van der Waals surface area contributed by atoms with Crippen LogP contribution in [0.3, 0.4) is 0 Å². The summed E-state index contributed by atoms with van der Waals surface area (Å²) in [7, 11) is 0. The number of hydrogen-bond acceptors (Lipinski definition) is 7. The van der Waals surface area contributed by atoms with Crippen LogP contribution in [0, 0.1) is 17.5 Å². The van der Waals surface area contributed by atoms with E-state index >= 15 is 4.39 Å². The summed E-state index contributed by atoms with van der Waals surface area (Å²) < 4.78 is 70.9. The fourth-order valence-electron chi connectivity index (χ4n) is 6.63. The van der Waals surface area contributed by atoms with Gasteiger partial charge in [0.05, 0.1) is 23.1 Å². The number of carbonyl (C=O) groups is 1. The van der Waals surface area contributed by atoms with Crippen LogP contribution in [-0.2, 0) is 4.79 Å². The van der Waals surface area contributed by atoms with Gasteiger partial charge in [0, 0.05) is 91.6 Å². The second-order valence-corrected chi connectivity index (χ2v) is 13.2. The van der Waals surface area contributed by atoms with Crippen molar-refractivity contribution in [1.82, 2.24) is 24.3 Å². The van der Waals surface area contributed by atoms with Crippen molar-refractivity contribution in [1.29, 1.82) is 0 Å². The number of aromatic nitrogens is 2. The summed E-state index contributed by atoms with van der Waals surface area (Å²) >= 11 is 8.15. The van der Waals surface area contributed by atoms with Gasteiger partial charge in [-0.05, 0) is 25.1 Å². The van der Waals surface area contributed by atoms with Crippen molar-refractivity contribution in [2.45, 2.75) is 30.3 Å². The maximum absolute atomic E-state index is 15.2. The standard InChI is InChI=1S/C31H32ClF5N6O2S/c1-3-26(44)41-8-9-42(17(2)13-41)30-20-10-21(32)27(19-11-23(34)24(35)12-22(19)33)29-28(20)43(31(45)38-30)18(16-46-29)14-39-4-6-40(7-5-39)15-25(36)37/h3,10-12,17-18,25H,1,4-9,13-16H2,2H3/t17-,18-/m0/s1. The first-order chi connectivity index (χ1) is 22.0. The number of anilines is 1. The molecule has 2 fully saturated rings. The molecule has 246 valence electrons. The Morgan fingerprint density at radius 2 is 1.76 bits per heavy atom. The minimum Gasteiger partial charge on any atom is -0.350 e. The van der Waals surface area contributed by atoms with Gasteiger partial charge >= 0.3 is 5.69 Å². The van der Waals surface area contributed by atoms with Gasteiger partial charge < -0.3 is 9.80 Å². The third-order valence-electron chi connectivity index (χ3n) is 8.88. The van der Waals surface area contributed by atoms with Gasteiger partial charge in [0.25, 0.3) is 6.43 Å². The fourth-order valence-corrected chi connectivity index (χ4v) is 8.31. The maximum atomic E-state index is 15.2. The molecule has 0 bridgehead atoms. The molecule has 15 heteroatoms. The molecule has 3 aromatic rings. The molecule has 2 aromatic carbocycles. The molecule has 0 N–H and O–H groups in total. The second kappa shape index (κ2) is 13.1. The first-order valence-electron chi connectivity index (χ1n) is 14.9. The Bertz CT molecular complexity index is 1750. The van der Waals surface area contributed by atoms with Crippen LogP contribution in [0.25, 0.3) is 22.0 Å². The van der Waals surface area contributed by atoms with E-state index in [0.717, 1.165) is 6.07 Å². The lowest BCUT2D eigenvalue weighted by Crippen LogP contribution is -2.54. The van der Waals surface area contributed by atoms with Gasteiger partial charge in [0.15, 0.2) is 11.6 Å². The lowest BCUT2D eigenvalue weighted by Gasteiger charge is -2.41. The molecule has 0 aliphatic carbocycles. The largest absolute Gasteiger partial charge is 0.350 e. The van der Waals surface area contributed by atoms with Crippen molar-refractivity contribution < 1.29 is 26.7 Å². The average Bonchev–Trinajstić information content (AvgIpc) is 3.01. The first kappa shape index (κ1) is 32.7. The van der Waals surface area contributed by atoms with Crippen LogP contribution in [0.1, 0.15) is 13.0 Å². The van der Waals surface area contributed by atoms with Crippen molar-refractivity contribution in [2.75, 3.05) is 69.6 Å². The van der Waals surface area contributed by atoms with E-state index < -0.39 is 29.6 Å². The van der Waals surface area contributed by atoms with Crippen LogP contribution in [0.4, 0.5) is 27.8 Å². The van der Waals surface area contributed by atoms with Crippen LogP contribution >= 0.6 is 23.4 Å². The van der Waals surface area contributed by atoms with E-state index in [2.05, 4.69) is 16.5 Å². The summed E-state index contributed by atoms with van der Waals surface area (Å²) in [5.41, 5.74) is -0.173. The Kier molecular flexibility index (Phi) is 9.34. The van der Waals surface area contributed by atoms with Crippen LogP contribution in [-0.4, -0.2) is 107 Å². The number of halogens is 6. The van der Waals surface area contributed by atoms with E-state index in [4.69, 9.17) is 11.6 Å². The number of benzene rings is 2. The highest BCUT2D eigenvalue weighted by atomic mass is 35.5. The Balaban J connectivity index is 1.46. The predicted molar refractivity (Wildman–Crippen MR) is 169 cm³/mol. The monoisotopic (exact) mass is 682 g/mol. The Labute approximate surface area is 271 Å². The minimum atomic E-state index is -2.41. The van der Waals surface area contributed by atoms with Gasteiger partial charge in [-0.1, -0.05) is 18.2 Å². The molecule has 0 saturated carbocycles. The summed E-state index contributed by atoms with van der Waals surface area (Å²) in [6, 6.07) is 2.21. The number of piperazine rings is 2. The number of carbonyl (C=O) groups excluding carboxylic acids is 1. The molecule has 3 aliphatic heterocycles. The van der Waals surface area contributed by atoms with E-state index in [9.17, 15) is 27.2 Å². The molecule has 0 spiro atoms. The normalized spacial score (nSPS) is 21.0. The molecular formula is C31H32ClF5N6O2S. The number of nitrogens with zero attached hydrogens (tertiary/aromatic N) is 6. The predicted octanol–water partition coefficient (Wildman–Crippen LogP) is 4.89. The van der Waals surface area contributed by atoms with Gasteiger partial charge in [-0.3, -0.25) is 19.2 Å². The zero-order valence-corrected chi connectivity index (χ0v) is 26.6. The molecule has 46 heavy (non-hydrogen) atoms. The Morgan fingerprint density at radius 1 is 1.07 bits per heavy atom. The van der Waals surface area contributed by atoms with Gasteiger partial charge in [0.1, 0.15) is 11.6 Å². The minimum absolute atomic E-state index is 0.0786. The van der Waals surface area contributed by atoms with E-state index in [1.54, 1.807) is 20.4 Å². The molecule has 2 atom stereocenters. The summed E-state index contributed by atoms with van der Waals surface area (Å²) in [4.78, 5) is 38.7. The van der Waals surface area contributed by atoms with Crippen molar-refractivity contribution in [3.05, 3.63) is 63.8 Å². The maximum Gasteiger partial charge on any atom is 0.350 e. The molecule has 1 amide bonds. The molecule has 8 nitrogen and oxygen atoms in total. The number of rotatable bonds is 7. The van der Waals surface area contributed by atoms with Gasteiger partial charge in [-0.2, -0.15) is 4.98 Å². The molecule has 0 unspecified atom stereocenters. The third kappa shape index (κ3) is 6.12. The van der Waals surface area contributed by atoms with E-state index in [1.165, 1.54) is 17.8 Å². The number of alkyl halides is 2. The average molecular weight is 683 g/mol. The molecule has 6 rings (SSSR count). The lowest BCUT2D eigenvalue weighted by molar-refractivity contribution is -0.126. The molecule has 4 heterocycles. The zero-order chi connectivity index (χ0) is 32.9. The van der Waals surface area contributed by atoms with Crippen LogP contribution < -0.4 is 10.6 Å². The van der Waals surface area contributed by atoms with Crippen molar-refractivity contribution in [3.8, 4) is 11.1 Å². The highest BCUT2D eigenvalue weighted by Crippen LogP contribution is 2.48.